The molecule has 0 spiro atoms. The van der Waals surface area contributed by atoms with E-state index in [1.54, 1.807) is 16.8 Å². The average molecular weight is 213 g/mol. The molecule has 0 aliphatic carbocycles. The third-order valence-corrected chi connectivity index (χ3v) is 2.49. The van der Waals surface area contributed by atoms with Crippen LogP contribution in [0.2, 0.25) is 0 Å². The second kappa shape index (κ2) is 3.03. The van der Waals surface area contributed by atoms with Crippen molar-refractivity contribution in [1.82, 2.24) is 14.7 Å². The fourth-order valence-electron chi connectivity index (χ4n) is 1.71. The first-order chi connectivity index (χ1) is 7.77. The van der Waals surface area contributed by atoms with Gasteiger partial charge in [-0.05, 0) is 12.1 Å². The number of pyridine rings is 1. The molecule has 2 aromatic rings. The standard InChI is InChI=1S/C11H7N3O2/c15-10-7(5-13-11(10)16)8-6-12-9-3-1-2-4-14(8)9/h1-6H,(H,13,15,16). The molecule has 1 aliphatic rings. The summed E-state index contributed by atoms with van der Waals surface area (Å²) >= 11 is 0. The lowest BCUT2D eigenvalue weighted by Crippen LogP contribution is -2.19. The van der Waals surface area contributed by atoms with E-state index in [9.17, 15) is 9.59 Å². The monoisotopic (exact) mass is 213 g/mol. The van der Waals surface area contributed by atoms with Crippen LogP contribution < -0.4 is 5.32 Å². The summed E-state index contributed by atoms with van der Waals surface area (Å²) in [6.07, 6.45) is 4.80. The number of rotatable bonds is 1. The largest absolute Gasteiger partial charge is 0.325 e. The van der Waals surface area contributed by atoms with Gasteiger partial charge in [0.05, 0.1) is 17.5 Å². The van der Waals surface area contributed by atoms with Gasteiger partial charge in [-0.1, -0.05) is 6.07 Å². The van der Waals surface area contributed by atoms with Crippen molar-refractivity contribution >= 4 is 22.9 Å². The first kappa shape index (κ1) is 8.84. The lowest BCUT2D eigenvalue weighted by Gasteiger charge is -1.98. The Bertz CT molecular complexity index is 639. The van der Waals surface area contributed by atoms with Gasteiger partial charge >= 0.3 is 0 Å². The summed E-state index contributed by atoms with van der Waals surface area (Å²) in [5.41, 5.74) is 1.72. The highest BCUT2D eigenvalue weighted by Crippen LogP contribution is 2.19. The average Bonchev–Trinajstić information content (AvgIpc) is 2.85. The van der Waals surface area contributed by atoms with Crippen LogP contribution in [0.15, 0.2) is 36.8 Å². The molecule has 3 rings (SSSR count). The van der Waals surface area contributed by atoms with E-state index in [4.69, 9.17) is 0 Å². The molecule has 5 heteroatoms. The minimum atomic E-state index is -0.596. The van der Waals surface area contributed by atoms with Crippen molar-refractivity contribution in [3.63, 3.8) is 0 Å². The van der Waals surface area contributed by atoms with Gasteiger partial charge in [0.2, 0.25) is 0 Å². The van der Waals surface area contributed by atoms with Crippen LogP contribution in [-0.2, 0) is 9.59 Å². The molecule has 0 saturated heterocycles. The zero-order valence-electron chi connectivity index (χ0n) is 8.18. The molecule has 0 saturated carbocycles. The van der Waals surface area contributed by atoms with Gasteiger partial charge in [0, 0.05) is 12.4 Å². The number of carbonyl (C=O) groups excluding carboxylic acids is 2. The van der Waals surface area contributed by atoms with Crippen molar-refractivity contribution < 1.29 is 9.59 Å². The van der Waals surface area contributed by atoms with Crippen molar-refractivity contribution in [2.45, 2.75) is 0 Å². The predicted molar refractivity (Wildman–Crippen MR) is 56.3 cm³/mol. The maximum atomic E-state index is 11.5. The van der Waals surface area contributed by atoms with E-state index in [0.29, 0.717) is 11.3 Å². The highest BCUT2D eigenvalue weighted by Gasteiger charge is 2.27. The van der Waals surface area contributed by atoms with E-state index < -0.39 is 11.7 Å². The molecule has 78 valence electrons. The van der Waals surface area contributed by atoms with Crippen LogP contribution in [-0.4, -0.2) is 21.1 Å². The third kappa shape index (κ3) is 1.08. The van der Waals surface area contributed by atoms with E-state index in [1.165, 1.54) is 6.20 Å². The number of hydrogen-bond donors (Lipinski definition) is 1. The summed E-state index contributed by atoms with van der Waals surface area (Å²) in [7, 11) is 0. The lowest BCUT2D eigenvalue weighted by atomic mass is 10.1. The number of carbonyl (C=O) groups is 2. The van der Waals surface area contributed by atoms with Crippen LogP contribution in [0.1, 0.15) is 5.69 Å². The van der Waals surface area contributed by atoms with Crippen LogP contribution in [0, 0.1) is 0 Å². The van der Waals surface area contributed by atoms with Crippen LogP contribution in [0.4, 0.5) is 0 Å². The molecule has 2 aromatic heterocycles. The summed E-state index contributed by atoms with van der Waals surface area (Å²) in [5, 5.41) is 2.38. The number of Topliss-reactive ketones (excluding diaryl/α,β-unsaturated/α-hetero) is 1. The van der Waals surface area contributed by atoms with Crippen molar-refractivity contribution in [3.8, 4) is 0 Å². The molecular formula is C11H7N3O2. The van der Waals surface area contributed by atoms with E-state index in [0.717, 1.165) is 5.65 Å². The number of fused-ring (bicyclic) bond motifs is 1. The van der Waals surface area contributed by atoms with E-state index in [-0.39, 0.29) is 0 Å². The molecule has 0 fully saturated rings. The van der Waals surface area contributed by atoms with Gasteiger partial charge in [-0.2, -0.15) is 0 Å². The van der Waals surface area contributed by atoms with Gasteiger partial charge in [0.1, 0.15) is 5.65 Å². The SMILES string of the molecule is O=C1NC=C(c2cnc3ccccn23)C1=O. The summed E-state index contributed by atoms with van der Waals surface area (Å²) in [6.45, 7) is 0. The first-order valence-corrected chi connectivity index (χ1v) is 4.75. The molecule has 16 heavy (non-hydrogen) atoms. The molecular weight excluding hydrogens is 206 g/mol. The molecule has 5 nitrogen and oxygen atoms in total. The van der Waals surface area contributed by atoms with Crippen molar-refractivity contribution in [1.29, 1.82) is 0 Å². The maximum absolute atomic E-state index is 11.5. The molecule has 0 aromatic carbocycles. The Hall–Kier alpha value is -2.43. The van der Waals surface area contributed by atoms with Crippen molar-refractivity contribution in [3.05, 3.63) is 42.5 Å². The smallest absolute Gasteiger partial charge is 0.296 e. The molecule has 1 amide bonds. The lowest BCUT2D eigenvalue weighted by molar-refractivity contribution is -0.133. The zero-order chi connectivity index (χ0) is 11.1. The second-order valence-electron chi connectivity index (χ2n) is 3.43. The topological polar surface area (TPSA) is 63.5 Å². The number of nitrogens with one attached hydrogen (secondary N) is 1. The molecule has 1 aliphatic heterocycles. The van der Waals surface area contributed by atoms with Gasteiger partial charge in [0.25, 0.3) is 11.7 Å². The fourth-order valence-corrected chi connectivity index (χ4v) is 1.71. The molecule has 0 atom stereocenters. The number of ketones is 1. The molecule has 3 heterocycles. The second-order valence-corrected chi connectivity index (χ2v) is 3.43. The Labute approximate surface area is 90.4 Å². The van der Waals surface area contributed by atoms with Gasteiger partial charge in [0.15, 0.2) is 0 Å². The van der Waals surface area contributed by atoms with E-state index in [2.05, 4.69) is 10.3 Å². The molecule has 0 unspecified atom stereocenters. The molecule has 0 radical (unpaired) electrons. The zero-order valence-corrected chi connectivity index (χ0v) is 8.18. The van der Waals surface area contributed by atoms with Gasteiger partial charge in [-0.15, -0.1) is 0 Å². The Morgan fingerprint density at radius 1 is 1.25 bits per heavy atom. The van der Waals surface area contributed by atoms with E-state index >= 15 is 0 Å². The first-order valence-electron chi connectivity index (χ1n) is 4.75. The van der Waals surface area contributed by atoms with Crippen molar-refractivity contribution in [2.24, 2.45) is 0 Å². The minimum absolute atomic E-state index is 0.351. The normalized spacial score (nSPS) is 15.4. The summed E-state index contributed by atoms with van der Waals surface area (Å²) in [6, 6.07) is 5.53. The number of amides is 1. The summed E-state index contributed by atoms with van der Waals surface area (Å²) < 4.78 is 1.77. The van der Waals surface area contributed by atoms with Crippen LogP contribution in [0.3, 0.4) is 0 Å². The quantitative estimate of drug-likeness (QED) is 0.696. The van der Waals surface area contributed by atoms with Gasteiger partial charge in [-0.3, -0.25) is 14.0 Å². The van der Waals surface area contributed by atoms with Crippen LogP contribution >= 0.6 is 0 Å². The Kier molecular flexibility index (Phi) is 1.67. The Morgan fingerprint density at radius 2 is 2.12 bits per heavy atom. The maximum Gasteiger partial charge on any atom is 0.296 e. The van der Waals surface area contributed by atoms with Crippen molar-refractivity contribution in [2.75, 3.05) is 0 Å². The molecule has 1 N–H and O–H groups in total. The fraction of sp³-hybridized carbons (Fsp3) is 0. The van der Waals surface area contributed by atoms with Crippen LogP contribution in [0.5, 0.6) is 0 Å². The third-order valence-electron chi connectivity index (χ3n) is 2.49. The number of imidazole rings is 1. The van der Waals surface area contributed by atoms with Gasteiger partial charge < -0.3 is 5.32 Å². The number of aromatic nitrogens is 2. The summed E-state index contributed by atoms with van der Waals surface area (Å²) in [5.74, 6) is -1.12. The number of nitrogens with zero attached hydrogens (tertiary/aromatic N) is 2. The highest BCUT2D eigenvalue weighted by atomic mass is 16.2. The molecule has 0 bridgehead atoms. The van der Waals surface area contributed by atoms with Crippen LogP contribution in [0.25, 0.3) is 11.2 Å². The number of hydrogen-bond acceptors (Lipinski definition) is 3. The Balaban J connectivity index is 2.21. The highest BCUT2D eigenvalue weighted by molar-refractivity contribution is 6.55. The minimum Gasteiger partial charge on any atom is -0.325 e. The predicted octanol–water partition coefficient (Wildman–Crippen LogP) is 0.374. The Morgan fingerprint density at radius 3 is 2.88 bits per heavy atom. The summed E-state index contributed by atoms with van der Waals surface area (Å²) in [4.78, 5) is 26.8. The van der Waals surface area contributed by atoms with Gasteiger partial charge in [-0.25, -0.2) is 4.98 Å². The van der Waals surface area contributed by atoms with E-state index in [1.807, 2.05) is 18.2 Å².